The van der Waals surface area contributed by atoms with Gasteiger partial charge in [0.1, 0.15) is 5.60 Å². The molecule has 0 aliphatic heterocycles. The summed E-state index contributed by atoms with van der Waals surface area (Å²) in [5, 5.41) is 5.57. The monoisotopic (exact) mass is 328 g/mol. The molecule has 2 atom stereocenters. The molecular weight excluding hydrogens is 302 g/mol. The molecule has 0 fully saturated rings. The van der Waals surface area contributed by atoms with Crippen molar-refractivity contribution in [2.24, 2.45) is 0 Å². The van der Waals surface area contributed by atoms with E-state index in [1.165, 1.54) is 6.92 Å². The van der Waals surface area contributed by atoms with Gasteiger partial charge in [-0.1, -0.05) is 30.3 Å². The molecule has 1 aromatic carbocycles. The average molecular weight is 328 g/mol. The number of alkyl halides is 2. The first-order valence-electron chi connectivity index (χ1n) is 7.75. The standard InChI is InChI=1S/C17H26F2N2O2/c1-12(15(18)19)20-11-10-14(13-8-6-5-7-9-13)21-16(22)23-17(2,3)4/h5-9,12,14-15,20H,10-11H2,1-4H3,(H,21,22). The van der Waals surface area contributed by atoms with Gasteiger partial charge in [-0.3, -0.25) is 0 Å². The van der Waals surface area contributed by atoms with Crippen LogP contribution in [0.3, 0.4) is 0 Å². The van der Waals surface area contributed by atoms with E-state index in [-0.39, 0.29) is 6.04 Å². The fourth-order valence-corrected chi connectivity index (χ4v) is 2.00. The van der Waals surface area contributed by atoms with Gasteiger partial charge in [-0.2, -0.15) is 0 Å². The van der Waals surface area contributed by atoms with Crippen LogP contribution in [0.5, 0.6) is 0 Å². The number of hydrogen-bond donors (Lipinski definition) is 2. The number of benzene rings is 1. The molecule has 4 nitrogen and oxygen atoms in total. The Morgan fingerprint density at radius 1 is 1.22 bits per heavy atom. The normalized spacial score (nSPS) is 14.4. The topological polar surface area (TPSA) is 50.4 Å². The van der Waals surface area contributed by atoms with Gasteiger partial charge in [0.25, 0.3) is 6.43 Å². The molecule has 130 valence electrons. The number of hydrogen-bond acceptors (Lipinski definition) is 3. The van der Waals surface area contributed by atoms with Crippen molar-refractivity contribution < 1.29 is 18.3 Å². The molecular formula is C17H26F2N2O2. The summed E-state index contributed by atoms with van der Waals surface area (Å²) in [7, 11) is 0. The third kappa shape index (κ3) is 7.93. The lowest BCUT2D eigenvalue weighted by Gasteiger charge is -2.24. The van der Waals surface area contributed by atoms with Crippen LogP contribution in [-0.4, -0.2) is 30.7 Å². The van der Waals surface area contributed by atoms with Crippen LogP contribution >= 0.6 is 0 Å². The van der Waals surface area contributed by atoms with Crippen LogP contribution in [-0.2, 0) is 4.74 Å². The first-order valence-corrected chi connectivity index (χ1v) is 7.75. The van der Waals surface area contributed by atoms with E-state index in [2.05, 4.69) is 10.6 Å². The molecule has 2 N–H and O–H groups in total. The van der Waals surface area contributed by atoms with Gasteiger partial charge in [0.2, 0.25) is 0 Å². The van der Waals surface area contributed by atoms with Crippen LogP contribution < -0.4 is 10.6 Å². The minimum atomic E-state index is -2.41. The quantitative estimate of drug-likeness (QED) is 0.798. The minimum Gasteiger partial charge on any atom is -0.444 e. The van der Waals surface area contributed by atoms with Crippen LogP contribution in [0, 0.1) is 0 Å². The molecule has 0 saturated carbocycles. The summed E-state index contributed by atoms with van der Waals surface area (Å²) in [5.74, 6) is 0. The number of carbonyl (C=O) groups is 1. The van der Waals surface area contributed by atoms with E-state index in [4.69, 9.17) is 4.74 Å². The van der Waals surface area contributed by atoms with Crippen LogP contribution in [0.4, 0.5) is 13.6 Å². The highest BCUT2D eigenvalue weighted by atomic mass is 19.3. The Hall–Kier alpha value is -1.69. The summed E-state index contributed by atoms with van der Waals surface area (Å²) in [4.78, 5) is 12.0. The third-order valence-corrected chi connectivity index (χ3v) is 3.17. The van der Waals surface area contributed by atoms with Crippen molar-refractivity contribution in [3.05, 3.63) is 35.9 Å². The van der Waals surface area contributed by atoms with Crippen LogP contribution in [0.2, 0.25) is 0 Å². The van der Waals surface area contributed by atoms with E-state index in [1.54, 1.807) is 20.8 Å². The number of halogens is 2. The molecule has 0 saturated heterocycles. The molecule has 0 bridgehead atoms. The number of ether oxygens (including phenoxy) is 1. The number of nitrogens with one attached hydrogen (secondary N) is 2. The SMILES string of the molecule is CC(NCCC(NC(=O)OC(C)(C)C)c1ccccc1)C(F)F. The molecule has 2 unspecified atom stereocenters. The van der Waals surface area contributed by atoms with Gasteiger partial charge in [-0.15, -0.1) is 0 Å². The number of rotatable bonds is 7. The van der Waals surface area contributed by atoms with Gasteiger partial charge in [0, 0.05) is 0 Å². The summed E-state index contributed by atoms with van der Waals surface area (Å²) in [6.07, 6.45) is -2.45. The molecule has 0 aliphatic rings. The fourth-order valence-electron chi connectivity index (χ4n) is 2.00. The zero-order valence-electron chi connectivity index (χ0n) is 14.1. The number of alkyl carbamates (subject to hydrolysis) is 1. The van der Waals surface area contributed by atoms with Crippen molar-refractivity contribution in [1.82, 2.24) is 10.6 Å². The predicted octanol–water partition coefficient (Wildman–Crippen LogP) is 3.89. The summed E-state index contributed by atoms with van der Waals surface area (Å²) in [6, 6.07) is 8.21. The zero-order chi connectivity index (χ0) is 17.5. The molecule has 0 radical (unpaired) electrons. The van der Waals surface area contributed by atoms with Gasteiger partial charge < -0.3 is 15.4 Å². The Balaban J connectivity index is 2.65. The molecule has 6 heteroatoms. The smallest absolute Gasteiger partial charge is 0.408 e. The third-order valence-electron chi connectivity index (χ3n) is 3.17. The van der Waals surface area contributed by atoms with Gasteiger partial charge in [0.15, 0.2) is 0 Å². The second-order valence-corrected chi connectivity index (χ2v) is 6.48. The summed E-state index contributed by atoms with van der Waals surface area (Å²) >= 11 is 0. The minimum absolute atomic E-state index is 0.302. The summed E-state index contributed by atoms with van der Waals surface area (Å²) < 4.78 is 30.3. The Bertz CT molecular complexity index is 475. The molecule has 1 aromatic rings. The van der Waals surface area contributed by atoms with Crippen LogP contribution in [0.15, 0.2) is 30.3 Å². The van der Waals surface area contributed by atoms with Crippen molar-refractivity contribution in [2.45, 2.75) is 58.2 Å². The Morgan fingerprint density at radius 3 is 2.35 bits per heavy atom. The van der Waals surface area contributed by atoms with Crippen molar-refractivity contribution in [2.75, 3.05) is 6.54 Å². The zero-order valence-corrected chi connectivity index (χ0v) is 14.1. The summed E-state index contributed by atoms with van der Waals surface area (Å²) in [5.41, 5.74) is 0.318. The number of amides is 1. The lowest BCUT2D eigenvalue weighted by molar-refractivity contribution is 0.0499. The lowest BCUT2D eigenvalue weighted by Crippen LogP contribution is -2.38. The second-order valence-electron chi connectivity index (χ2n) is 6.48. The first kappa shape index (κ1) is 19.4. The predicted molar refractivity (Wildman–Crippen MR) is 86.6 cm³/mol. The second kappa shape index (κ2) is 8.82. The fraction of sp³-hybridized carbons (Fsp3) is 0.588. The Kier molecular flexibility index (Phi) is 7.42. The Labute approximate surface area is 136 Å². The maximum atomic E-state index is 12.5. The van der Waals surface area contributed by atoms with E-state index >= 15 is 0 Å². The first-order chi connectivity index (χ1) is 10.7. The molecule has 1 rings (SSSR count). The van der Waals surface area contributed by atoms with Crippen molar-refractivity contribution in [1.29, 1.82) is 0 Å². The molecule has 23 heavy (non-hydrogen) atoms. The highest BCUT2D eigenvalue weighted by molar-refractivity contribution is 5.68. The molecule has 1 amide bonds. The van der Waals surface area contributed by atoms with Crippen molar-refractivity contribution >= 4 is 6.09 Å². The molecule has 0 spiro atoms. The van der Waals surface area contributed by atoms with E-state index in [9.17, 15) is 13.6 Å². The van der Waals surface area contributed by atoms with E-state index in [1.807, 2.05) is 30.3 Å². The van der Waals surface area contributed by atoms with Crippen molar-refractivity contribution in [3.63, 3.8) is 0 Å². The van der Waals surface area contributed by atoms with E-state index < -0.39 is 24.2 Å². The van der Waals surface area contributed by atoms with Gasteiger partial charge in [0.05, 0.1) is 12.1 Å². The highest BCUT2D eigenvalue weighted by Gasteiger charge is 2.21. The number of carbonyl (C=O) groups excluding carboxylic acids is 1. The Morgan fingerprint density at radius 2 is 1.83 bits per heavy atom. The average Bonchev–Trinajstić information content (AvgIpc) is 2.45. The summed E-state index contributed by atoms with van der Waals surface area (Å²) in [6.45, 7) is 7.16. The maximum absolute atomic E-state index is 12.5. The molecule has 0 heterocycles. The van der Waals surface area contributed by atoms with Gasteiger partial charge in [-0.05, 0) is 46.2 Å². The van der Waals surface area contributed by atoms with Crippen LogP contribution in [0.1, 0.15) is 45.7 Å². The van der Waals surface area contributed by atoms with Gasteiger partial charge in [-0.25, -0.2) is 13.6 Å². The molecule has 0 aromatic heterocycles. The van der Waals surface area contributed by atoms with Gasteiger partial charge >= 0.3 is 6.09 Å². The van der Waals surface area contributed by atoms with Crippen molar-refractivity contribution in [3.8, 4) is 0 Å². The highest BCUT2D eigenvalue weighted by Crippen LogP contribution is 2.17. The maximum Gasteiger partial charge on any atom is 0.408 e. The van der Waals surface area contributed by atoms with E-state index in [0.717, 1.165) is 5.56 Å². The van der Waals surface area contributed by atoms with Crippen LogP contribution in [0.25, 0.3) is 0 Å². The largest absolute Gasteiger partial charge is 0.444 e. The lowest BCUT2D eigenvalue weighted by atomic mass is 10.0. The van der Waals surface area contributed by atoms with E-state index in [0.29, 0.717) is 13.0 Å². The molecule has 0 aliphatic carbocycles.